The van der Waals surface area contributed by atoms with Gasteiger partial charge in [0.1, 0.15) is 6.04 Å². The van der Waals surface area contributed by atoms with Crippen LogP contribution >= 0.6 is 0 Å². The molecule has 0 aliphatic carbocycles. The van der Waals surface area contributed by atoms with E-state index in [0.717, 1.165) is 13.1 Å². The average Bonchev–Trinajstić information content (AvgIpc) is 2.68. The summed E-state index contributed by atoms with van der Waals surface area (Å²) in [4.78, 5) is 6.03. The molecule has 0 saturated heterocycles. The summed E-state index contributed by atoms with van der Waals surface area (Å²) >= 11 is 0. The van der Waals surface area contributed by atoms with E-state index in [1.807, 2.05) is 18.7 Å². The molecule has 0 radical (unpaired) electrons. The van der Waals surface area contributed by atoms with Gasteiger partial charge in [0.25, 0.3) is 5.95 Å². The summed E-state index contributed by atoms with van der Waals surface area (Å²) in [6.45, 7) is 5.44. The van der Waals surface area contributed by atoms with Gasteiger partial charge in [-0.15, -0.1) is 0 Å². The zero-order valence-corrected chi connectivity index (χ0v) is 8.47. The average molecular weight is 200 g/mol. The van der Waals surface area contributed by atoms with E-state index in [4.69, 9.17) is 15.4 Å². The van der Waals surface area contributed by atoms with E-state index >= 15 is 0 Å². The summed E-state index contributed by atoms with van der Waals surface area (Å²) in [7, 11) is 0. The topological polar surface area (TPSA) is 88.4 Å². The number of aliphatic hydroxyl groups excluding tert-OH is 1. The quantitative estimate of drug-likeness (QED) is 0.690. The molecule has 0 saturated carbocycles. The van der Waals surface area contributed by atoms with Gasteiger partial charge in [0.05, 0.1) is 6.61 Å². The first kappa shape index (κ1) is 10.9. The third kappa shape index (κ3) is 2.21. The number of anilines is 1. The van der Waals surface area contributed by atoms with E-state index in [-0.39, 0.29) is 12.5 Å². The lowest BCUT2D eigenvalue weighted by Gasteiger charge is -2.14. The summed E-state index contributed by atoms with van der Waals surface area (Å²) < 4.78 is 4.91. The Hall–Kier alpha value is -1.14. The van der Waals surface area contributed by atoms with Crippen molar-refractivity contribution in [3.05, 3.63) is 5.89 Å². The molecule has 14 heavy (non-hydrogen) atoms. The molecule has 1 heterocycles. The minimum atomic E-state index is -0.591. The fourth-order valence-electron chi connectivity index (χ4n) is 1.09. The maximum absolute atomic E-state index is 8.78. The summed E-state index contributed by atoms with van der Waals surface area (Å²) in [6, 6.07) is -0.591. The second kappa shape index (κ2) is 4.92. The second-order valence-corrected chi connectivity index (χ2v) is 2.89. The minimum Gasteiger partial charge on any atom is -0.394 e. The number of aliphatic hydroxyl groups is 1. The van der Waals surface area contributed by atoms with Crippen LogP contribution in [0.4, 0.5) is 5.95 Å². The van der Waals surface area contributed by atoms with Gasteiger partial charge in [0, 0.05) is 13.1 Å². The highest BCUT2D eigenvalue weighted by Gasteiger charge is 2.15. The molecule has 6 nitrogen and oxygen atoms in total. The summed E-state index contributed by atoms with van der Waals surface area (Å²) in [5.74, 6) is 0.795. The number of hydrogen-bond donors (Lipinski definition) is 2. The zero-order valence-electron chi connectivity index (χ0n) is 8.47. The Bertz CT molecular complexity index is 272. The molecule has 0 aliphatic heterocycles. The predicted molar refractivity (Wildman–Crippen MR) is 51.9 cm³/mol. The number of nitrogens with two attached hydrogens (primary N) is 1. The van der Waals surface area contributed by atoms with Gasteiger partial charge in [0.15, 0.2) is 0 Å². The van der Waals surface area contributed by atoms with Crippen LogP contribution in [-0.4, -0.2) is 34.9 Å². The molecule has 1 rings (SSSR count). The van der Waals surface area contributed by atoms with Crippen LogP contribution in [0, 0.1) is 0 Å². The Balaban J connectivity index is 2.76. The molecular formula is C8H16N4O2. The number of rotatable bonds is 5. The van der Waals surface area contributed by atoms with Gasteiger partial charge in [-0.3, -0.25) is 0 Å². The van der Waals surface area contributed by atoms with Crippen LogP contribution in [0.1, 0.15) is 25.8 Å². The van der Waals surface area contributed by atoms with Crippen molar-refractivity contribution in [3.8, 4) is 0 Å². The van der Waals surface area contributed by atoms with Crippen molar-refractivity contribution in [1.29, 1.82) is 0 Å². The molecule has 0 spiro atoms. The van der Waals surface area contributed by atoms with Crippen molar-refractivity contribution in [2.75, 3.05) is 24.6 Å². The Labute approximate surface area is 82.7 Å². The molecule has 1 atom stereocenters. The van der Waals surface area contributed by atoms with E-state index in [1.54, 1.807) is 0 Å². The van der Waals surface area contributed by atoms with Crippen LogP contribution in [-0.2, 0) is 0 Å². The summed E-state index contributed by atoms with van der Waals surface area (Å²) in [5.41, 5.74) is 5.53. The van der Waals surface area contributed by atoms with Gasteiger partial charge in [-0.1, -0.05) is 0 Å². The van der Waals surface area contributed by atoms with Crippen LogP contribution in [0.15, 0.2) is 4.52 Å². The molecule has 0 amide bonds. The lowest BCUT2D eigenvalue weighted by atomic mass is 10.3. The van der Waals surface area contributed by atoms with Crippen molar-refractivity contribution in [3.63, 3.8) is 0 Å². The molecule has 0 bridgehead atoms. The van der Waals surface area contributed by atoms with E-state index in [9.17, 15) is 0 Å². The molecule has 0 unspecified atom stereocenters. The van der Waals surface area contributed by atoms with Gasteiger partial charge >= 0.3 is 0 Å². The standard InChI is InChI=1S/C8H16N4O2/c1-3-12(4-2)8-10-7(14-11-8)6(9)5-13/h6,13H,3-5,9H2,1-2H3/t6-/m1/s1. The maximum Gasteiger partial charge on any atom is 0.266 e. The van der Waals surface area contributed by atoms with Gasteiger partial charge in [0.2, 0.25) is 5.89 Å². The molecule has 0 aliphatic rings. The predicted octanol–water partition coefficient (Wildman–Crippen LogP) is -0.0921. The monoisotopic (exact) mass is 200 g/mol. The van der Waals surface area contributed by atoms with Crippen molar-refractivity contribution >= 4 is 5.95 Å². The van der Waals surface area contributed by atoms with Crippen molar-refractivity contribution in [1.82, 2.24) is 10.1 Å². The van der Waals surface area contributed by atoms with Gasteiger partial charge in [-0.05, 0) is 19.0 Å². The Morgan fingerprint density at radius 2 is 2.14 bits per heavy atom. The Kier molecular flexibility index (Phi) is 3.84. The van der Waals surface area contributed by atoms with Crippen molar-refractivity contribution in [2.45, 2.75) is 19.9 Å². The molecule has 0 fully saturated rings. The fraction of sp³-hybridized carbons (Fsp3) is 0.750. The van der Waals surface area contributed by atoms with Crippen LogP contribution < -0.4 is 10.6 Å². The molecule has 80 valence electrons. The Morgan fingerprint density at radius 3 is 2.64 bits per heavy atom. The first-order chi connectivity index (χ1) is 6.72. The lowest BCUT2D eigenvalue weighted by molar-refractivity contribution is 0.237. The summed E-state index contributed by atoms with van der Waals surface area (Å²) in [5, 5.41) is 12.6. The van der Waals surface area contributed by atoms with Crippen molar-refractivity contribution < 1.29 is 9.63 Å². The normalized spacial score (nSPS) is 12.9. The third-order valence-electron chi connectivity index (χ3n) is 1.99. The molecule has 1 aromatic heterocycles. The largest absolute Gasteiger partial charge is 0.394 e. The van der Waals surface area contributed by atoms with Gasteiger partial charge in [-0.2, -0.15) is 4.98 Å². The highest BCUT2D eigenvalue weighted by atomic mass is 16.5. The number of nitrogens with zero attached hydrogens (tertiary/aromatic N) is 3. The molecule has 6 heteroatoms. The zero-order chi connectivity index (χ0) is 10.6. The van der Waals surface area contributed by atoms with Crippen LogP contribution in [0.25, 0.3) is 0 Å². The maximum atomic E-state index is 8.78. The minimum absolute atomic E-state index is 0.195. The third-order valence-corrected chi connectivity index (χ3v) is 1.99. The SMILES string of the molecule is CCN(CC)c1noc([C@H](N)CO)n1. The first-order valence-electron chi connectivity index (χ1n) is 4.67. The molecule has 3 N–H and O–H groups in total. The van der Waals surface area contributed by atoms with E-state index in [2.05, 4.69) is 10.1 Å². The highest BCUT2D eigenvalue weighted by Crippen LogP contribution is 2.12. The smallest absolute Gasteiger partial charge is 0.266 e. The van der Waals surface area contributed by atoms with E-state index < -0.39 is 6.04 Å². The van der Waals surface area contributed by atoms with Crippen LogP contribution in [0.3, 0.4) is 0 Å². The number of hydrogen-bond acceptors (Lipinski definition) is 6. The molecule has 0 aromatic carbocycles. The fourth-order valence-corrected chi connectivity index (χ4v) is 1.09. The van der Waals surface area contributed by atoms with Crippen LogP contribution in [0.2, 0.25) is 0 Å². The van der Waals surface area contributed by atoms with E-state index in [1.165, 1.54) is 0 Å². The van der Waals surface area contributed by atoms with E-state index in [0.29, 0.717) is 5.95 Å². The van der Waals surface area contributed by atoms with Gasteiger partial charge in [-0.25, -0.2) is 0 Å². The Morgan fingerprint density at radius 1 is 1.50 bits per heavy atom. The second-order valence-electron chi connectivity index (χ2n) is 2.89. The van der Waals surface area contributed by atoms with Crippen LogP contribution in [0.5, 0.6) is 0 Å². The highest BCUT2D eigenvalue weighted by molar-refractivity contribution is 5.26. The van der Waals surface area contributed by atoms with Crippen molar-refractivity contribution in [2.24, 2.45) is 5.73 Å². The number of aromatic nitrogens is 2. The lowest BCUT2D eigenvalue weighted by Crippen LogP contribution is -2.23. The molecular weight excluding hydrogens is 184 g/mol. The molecule has 1 aromatic rings. The van der Waals surface area contributed by atoms with Gasteiger partial charge < -0.3 is 20.3 Å². The summed E-state index contributed by atoms with van der Waals surface area (Å²) in [6.07, 6.45) is 0. The first-order valence-corrected chi connectivity index (χ1v) is 4.67.